The fourth-order valence-corrected chi connectivity index (χ4v) is 4.71. The van der Waals surface area contributed by atoms with E-state index in [0.29, 0.717) is 13.0 Å². The van der Waals surface area contributed by atoms with E-state index < -0.39 is 8.80 Å². The molecule has 128 valence electrons. The van der Waals surface area contributed by atoms with Crippen LogP contribution in [0.25, 0.3) is 0 Å². The Morgan fingerprint density at radius 3 is 2.29 bits per heavy atom. The second-order valence-electron chi connectivity index (χ2n) is 5.01. The molecule has 2 unspecified atom stereocenters. The molecule has 0 saturated carbocycles. The molecule has 0 amide bonds. The van der Waals surface area contributed by atoms with Gasteiger partial charge >= 0.3 is 8.80 Å². The zero-order chi connectivity index (χ0) is 16.1. The van der Waals surface area contributed by atoms with Gasteiger partial charge in [-0.3, -0.25) is 0 Å². The molecule has 0 fully saturated rings. The van der Waals surface area contributed by atoms with E-state index in [2.05, 4.69) is 13.8 Å². The van der Waals surface area contributed by atoms with Crippen LogP contribution in [-0.4, -0.2) is 65.6 Å². The summed E-state index contributed by atoms with van der Waals surface area (Å²) >= 11 is 1.75. The molecular formula is C14H32O5SSi. The largest absolute Gasteiger partial charge is 0.500 e. The first-order valence-corrected chi connectivity index (χ1v) is 10.6. The Morgan fingerprint density at radius 1 is 1.14 bits per heavy atom. The van der Waals surface area contributed by atoms with Crippen molar-refractivity contribution in [1.82, 2.24) is 0 Å². The molecule has 0 aromatic heterocycles. The third-order valence-corrected chi connectivity index (χ3v) is 7.47. The lowest BCUT2D eigenvalue weighted by Gasteiger charge is -2.24. The highest BCUT2D eigenvalue weighted by Gasteiger charge is 2.36. The third-order valence-electron chi connectivity index (χ3n) is 3.44. The summed E-state index contributed by atoms with van der Waals surface area (Å²) in [6.07, 6.45) is 2.65. The number of thioether (sulfide) groups is 1. The molecular weight excluding hydrogens is 308 g/mol. The maximum absolute atomic E-state index is 9.87. The Morgan fingerprint density at radius 2 is 1.76 bits per heavy atom. The minimum atomic E-state index is -2.43. The molecule has 0 aromatic carbocycles. The van der Waals surface area contributed by atoms with E-state index in [1.165, 1.54) is 0 Å². The summed E-state index contributed by atoms with van der Waals surface area (Å²) in [4.78, 5) is 0. The fourth-order valence-electron chi connectivity index (χ4n) is 1.77. The van der Waals surface area contributed by atoms with Crippen LogP contribution >= 0.6 is 11.8 Å². The van der Waals surface area contributed by atoms with Crippen molar-refractivity contribution in [2.75, 3.05) is 39.4 Å². The van der Waals surface area contributed by atoms with Crippen molar-refractivity contribution in [2.45, 2.75) is 51.4 Å². The van der Waals surface area contributed by atoms with E-state index in [1.807, 2.05) is 0 Å². The third kappa shape index (κ3) is 9.88. The van der Waals surface area contributed by atoms with Crippen LogP contribution in [0.1, 0.15) is 33.1 Å². The summed E-state index contributed by atoms with van der Waals surface area (Å²) in [5.41, 5.74) is 0. The van der Waals surface area contributed by atoms with Crippen LogP contribution in [0, 0.1) is 0 Å². The van der Waals surface area contributed by atoms with Gasteiger partial charge in [-0.15, -0.1) is 0 Å². The molecule has 0 heterocycles. The number of hydrogen-bond acceptors (Lipinski definition) is 6. The van der Waals surface area contributed by atoms with Gasteiger partial charge in [-0.2, -0.15) is 11.8 Å². The molecule has 0 aromatic rings. The van der Waals surface area contributed by atoms with Gasteiger partial charge in [0.2, 0.25) is 0 Å². The average Bonchev–Trinajstić information content (AvgIpc) is 2.51. The lowest BCUT2D eigenvalue weighted by Crippen LogP contribution is -2.42. The molecule has 21 heavy (non-hydrogen) atoms. The van der Waals surface area contributed by atoms with Crippen molar-refractivity contribution in [3.63, 3.8) is 0 Å². The molecule has 0 bridgehead atoms. The number of rotatable bonds is 14. The van der Waals surface area contributed by atoms with Gasteiger partial charge in [0, 0.05) is 39.7 Å². The zero-order valence-corrected chi connectivity index (χ0v) is 15.9. The highest BCUT2D eigenvalue weighted by Crippen LogP contribution is 2.18. The van der Waals surface area contributed by atoms with Gasteiger partial charge in [0.05, 0.1) is 12.2 Å². The van der Waals surface area contributed by atoms with Crippen LogP contribution in [0.4, 0.5) is 0 Å². The van der Waals surface area contributed by atoms with E-state index in [9.17, 15) is 5.11 Å². The molecule has 1 N–H and O–H groups in total. The summed E-state index contributed by atoms with van der Waals surface area (Å²) < 4.78 is 21.7. The van der Waals surface area contributed by atoms with Crippen LogP contribution in [-0.2, 0) is 18.0 Å². The molecule has 0 saturated heterocycles. The highest BCUT2D eigenvalue weighted by molar-refractivity contribution is 7.99. The topological polar surface area (TPSA) is 57.2 Å². The number of aliphatic hydroxyl groups is 1. The summed E-state index contributed by atoms with van der Waals surface area (Å²) in [5, 5.41) is 9.87. The van der Waals surface area contributed by atoms with E-state index in [0.717, 1.165) is 30.4 Å². The first-order valence-electron chi connectivity index (χ1n) is 7.56. The Balaban J connectivity index is 3.61. The first-order chi connectivity index (χ1) is 10.0. The molecule has 7 heteroatoms. The van der Waals surface area contributed by atoms with Gasteiger partial charge in [0.1, 0.15) is 0 Å². The van der Waals surface area contributed by atoms with Gasteiger partial charge in [0.15, 0.2) is 0 Å². The quantitative estimate of drug-likeness (QED) is 0.387. The normalized spacial score (nSPS) is 15.1. The maximum atomic E-state index is 9.87. The number of hydrogen-bond donors (Lipinski definition) is 1. The molecule has 0 aliphatic rings. The predicted octanol–water partition coefficient (Wildman–Crippen LogP) is 2.55. The summed E-state index contributed by atoms with van der Waals surface area (Å²) in [5.74, 6) is 1.71. The fraction of sp³-hybridized carbons (Fsp3) is 1.00. The minimum absolute atomic E-state index is 0.278. The van der Waals surface area contributed by atoms with Crippen molar-refractivity contribution in [2.24, 2.45) is 0 Å². The molecule has 2 atom stereocenters. The van der Waals surface area contributed by atoms with Gasteiger partial charge in [-0.25, -0.2) is 0 Å². The van der Waals surface area contributed by atoms with Gasteiger partial charge in [-0.1, -0.05) is 6.92 Å². The Bertz CT molecular complexity index is 233. The Labute approximate surface area is 135 Å². The van der Waals surface area contributed by atoms with Crippen LogP contribution < -0.4 is 0 Å². The lowest BCUT2D eigenvalue weighted by atomic mass is 10.3. The highest BCUT2D eigenvalue weighted by atomic mass is 32.2. The molecule has 5 nitrogen and oxygen atoms in total. The van der Waals surface area contributed by atoms with E-state index >= 15 is 0 Å². The van der Waals surface area contributed by atoms with E-state index in [-0.39, 0.29) is 12.2 Å². The van der Waals surface area contributed by atoms with Crippen LogP contribution in [0.3, 0.4) is 0 Å². The van der Waals surface area contributed by atoms with Crippen LogP contribution in [0.15, 0.2) is 0 Å². The van der Waals surface area contributed by atoms with Crippen molar-refractivity contribution < 1.29 is 23.1 Å². The van der Waals surface area contributed by atoms with Gasteiger partial charge < -0.3 is 23.1 Å². The SMILES string of the molecule is CCC(C)OCCC(O)CSCCC[Si](OC)(OC)OC. The maximum Gasteiger partial charge on any atom is 0.500 e. The van der Waals surface area contributed by atoms with Crippen LogP contribution in [0.2, 0.25) is 6.04 Å². The number of ether oxygens (including phenoxy) is 1. The Kier molecular flexibility index (Phi) is 13.1. The second kappa shape index (κ2) is 12.9. The summed E-state index contributed by atoms with van der Waals surface area (Å²) in [6.45, 7) is 4.78. The van der Waals surface area contributed by atoms with Gasteiger partial charge in [-0.05, 0) is 31.9 Å². The zero-order valence-electron chi connectivity index (χ0n) is 14.1. The van der Waals surface area contributed by atoms with Crippen molar-refractivity contribution in [3.8, 4) is 0 Å². The second-order valence-corrected chi connectivity index (χ2v) is 9.25. The summed E-state index contributed by atoms with van der Waals surface area (Å²) in [6, 6.07) is 0.802. The predicted molar refractivity (Wildman–Crippen MR) is 89.9 cm³/mol. The monoisotopic (exact) mass is 340 g/mol. The smallest absolute Gasteiger partial charge is 0.392 e. The minimum Gasteiger partial charge on any atom is -0.392 e. The number of aliphatic hydroxyl groups excluding tert-OH is 1. The van der Waals surface area contributed by atoms with Crippen molar-refractivity contribution in [3.05, 3.63) is 0 Å². The molecule has 0 radical (unpaired) electrons. The standard InChI is InChI=1S/C14H32O5SSi/c1-6-13(2)19-9-8-14(15)12-20-10-7-11-21(16-3,17-4)18-5/h13-15H,6-12H2,1-5H3. The molecule has 0 spiro atoms. The van der Waals surface area contributed by atoms with E-state index in [1.54, 1.807) is 33.1 Å². The van der Waals surface area contributed by atoms with Gasteiger partial charge in [0.25, 0.3) is 0 Å². The molecule has 0 aliphatic carbocycles. The molecule has 0 aliphatic heterocycles. The van der Waals surface area contributed by atoms with Crippen molar-refractivity contribution in [1.29, 1.82) is 0 Å². The average molecular weight is 341 g/mol. The first kappa shape index (κ1) is 21.4. The molecule has 0 rings (SSSR count). The van der Waals surface area contributed by atoms with Crippen molar-refractivity contribution >= 4 is 20.6 Å². The summed E-state index contributed by atoms with van der Waals surface area (Å²) in [7, 11) is 2.47. The van der Waals surface area contributed by atoms with Crippen LogP contribution in [0.5, 0.6) is 0 Å². The lowest BCUT2D eigenvalue weighted by molar-refractivity contribution is 0.0407. The Hall–Kier alpha value is 0.367. The van der Waals surface area contributed by atoms with E-state index in [4.69, 9.17) is 18.0 Å².